The van der Waals surface area contributed by atoms with Gasteiger partial charge >= 0.3 is 0 Å². The normalized spacial score (nSPS) is 29.1. The topological polar surface area (TPSA) is 12.0 Å². The van der Waals surface area contributed by atoms with Gasteiger partial charge in [0, 0.05) is 11.3 Å². The van der Waals surface area contributed by atoms with Crippen LogP contribution in [0.3, 0.4) is 0 Å². The van der Waals surface area contributed by atoms with Gasteiger partial charge in [0.15, 0.2) is 0 Å². The Kier molecular flexibility index (Phi) is 5.88. The molecule has 0 radical (unpaired) electrons. The second-order valence-electron chi connectivity index (χ2n) is 4.03. The van der Waals surface area contributed by atoms with Gasteiger partial charge in [0.05, 0.1) is 0 Å². The van der Waals surface area contributed by atoms with Gasteiger partial charge in [-0.05, 0) is 38.5 Å². The Morgan fingerprint density at radius 1 is 1.38 bits per heavy atom. The van der Waals surface area contributed by atoms with Crippen molar-refractivity contribution in [1.29, 1.82) is 0 Å². The summed E-state index contributed by atoms with van der Waals surface area (Å²) in [5, 5.41) is 4.60. The first-order chi connectivity index (χ1) is 6.36. The molecule has 1 aliphatic rings. The highest BCUT2D eigenvalue weighted by Crippen LogP contribution is 2.26. The minimum Gasteiger partial charge on any atom is -0.314 e. The van der Waals surface area contributed by atoms with Crippen molar-refractivity contribution in [1.82, 2.24) is 5.32 Å². The summed E-state index contributed by atoms with van der Waals surface area (Å²) >= 11 is 2.05. The largest absolute Gasteiger partial charge is 0.314 e. The molecule has 0 bridgehead atoms. The zero-order valence-corrected chi connectivity index (χ0v) is 9.83. The smallest absolute Gasteiger partial charge is 0.00776 e. The Morgan fingerprint density at radius 2 is 2.23 bits per heavy atom. The summed E-state index contributed by atoms with van der Waals surface area (Å²) in [6.45, 7) is 3.48. The molecule has 0 spiro atoms. The van der Waals surface area contributed by atoms with Crippen LogP contribution < -0.4 is 5.32 Å². The first-order valence-electron chi connectivity index (χ1n) is 5.63. The molecule has 2 heteroatoms. The summed E-state index contributed by atoms with van der Waals surface area (Å²) in [4.78, 5) is 0. The molecule has 2 unspecified atom stereocenters. The van der Waals surface area contributed by atoms with E-state index in [4.69, 9.17) is 0 Å². The molecule has 1 N–H and O–H groups in total. The van der Waals surface area contributed by atoms with Gasteiger partial charge in [0.1, 0.15) is 0 Å². The summed E-state index contributed by atoms with van der Waals surface area (Å²) in [7, 11) is 0. The number of unbranched alkanes of at least 4 members (excludes halogenated alkanes) is 1. The summed E-state index contributed by atoms with van der Waals surface area (Å²) in [5.74, 6) is 0. The molecule has 78 valence electrons. The minimum absolute atomic E-state index is 0.817. The fraction of sp³-hybridized carbons (Fsp3) is 1.00. The molecular formula is C11H23NS. The van der Waals surface area contributed by atoms with E-state index in [-0.39, 0.29) is 0 Å². The Bertz CT molecular complexity index is 127. The monoisotopic (exact) mass is 201 g/mol. The third kappa shape index (κ3) is 4.37. The van der Waals surface area contributed by atoms with Gasteiger partial charge in [-0.25, -0.2) is 0 Å². The maximum atomic E-state index is 3.67. The van der Waals surface area contributed by atoms with E-state index >= 15 is 0 Å². The van der Waals surface area contributed by atoms with E-state index in [0.29, 0.717) is 0 Å². The number of hydrogen-bond acceptors (Lipinski definition) is 2. The summed E-state index contributed by atoms with van der Waals surface area (Å²) in [6.07, 6.45) is 10.6. The van der Waals surface area contributed by atoms with Crippen molar-refractivity contribution in [3.05, 3.63) is 0 Å². The quantitative estimate of drug-likeness (QED) is 0.686. The van der Waals surface area contributed by atoms with E-state index in [1.165, 1.54) is 45.1 Å². The lowest BCUT2D eigenvalue weighted by atomic mass is 9.95. The van der Waals surface area contributed by atoms with E-state index in [1.807, 2.05) is 11.8 Å². The summed E-state index contributed by atoms with van der Waals surface area (Å²) in [6, 6.07) is 0.817. The van der Waals surface area contributed by atoms with Crippen molar-refractivity contribution >= 4 is 11.8 Å². The van der Waals surface area contributed by atoms with Gasteiger partial charge in [0.25, 0.3) is 0 Å². The highest BCUT2D eigenvalue weighted by atomic mass is 32.2. The predicted molar refractivity (Wildman–Crippen MR) is 62.5 cm³/mol. The lowest BCUT2D eigenvalue weighted by molar-refractivity contribution is 0.379. The number of nitrogens with one attached hydrogen (secondary N) is 1. The second kappa shape index (κ2) is 6.72. The van der Waals surface area contributed by atoms with Crippen molar-refractivity contribution in [2.45, 2.75) is 56.7 Å². The molecule has 1 nitrogen and oxygen atoms in total. The zero-order chi connectivity index (χ0) is 9.52. The highest BCUT2D eigenvalue weighted by molar-refractivity contribution is 7.99. The molecule has 0 saturated heterocycles. The SMILES string of the molecule is CCCCNC1CCCC(SC)C1. The predicted octanol–water partition coefficient (Wildman–Crippen LogP) is 3.05. The third-order valence-corrected chi connectivity index (χ3v) is 4.02. The summed E-state index contributed by atoms with van der Waals surface area (Å²) in [5.41, 5.74) is 0. The number of hydrogen-bond donors (Lipinski definition) is 1. The molecular weight excluding hydrogens is 178 g/mol. The van der Waals surface area contributed by atoms with Crippen molar-refractivity contribution < 1.29 is 0 Å². The van der Waals surface area contributed by atoms with Gasteiger partial charge in [-0.3, -0.25) is 0 Å². The van der Waals surface area contributed by atoms with Crippen molar-refractivity contribution in [3.8, 4) is 0 Å². The molecule has 1 rings (SSSR count). The van der Waals surface area contributed by atoms with Crippen molar-refractivity contribution in [3.63, 3.8) is 0 Å². The van der Waals surface area contributed by atoms with Gasteiger partial charge < -0.3 is 5.32 Å². The van der Waals surface area contributed by atoms with Crippen LogP contribution in [0.25, 0.3) is 0 Å². The molecule has 0 heterocycles. The second-order valence-corrected chi connectivity index (χ2v) is 5.17. The maximum absolute atomic E-state index is 3.67. The fourth-order valence-electron chi connectivity index (χ4n) is 2.03. The van der Waals surface area contributed by atoms with Crippen LogP contribution in [-0.2, 0) is 0 Å². The van der Waals surface area contributed by atoms with Crippen LogP contribution in [-0.4, -0.2) is 24.1 Å². The summed E-state index contributed by atoms with van der Waals surface area (Å²) < 4.78 is 0. The zero-order valence-electron chi connectivity index (χ0n) is 9.01. The molecule has 0 amide bonds. The van der Waals surface area contributed by atoms with E-state index < -0.39 is 0 Å². The van der Waals surface area contributed by atoms with Crippen LogP contribution >= 0.6 is 11.8 Å². The van der Waals surface area contributed by atoms with Crippen LogP contribution in [0.4, 0.5) is 0 Å². The van der Waals surface area contributed by atoms with Crippen LogP contribution in [0.2, 0.25) is 0 Å². The lowest BCUT2D eigenvalue weighted by Crippen LogP contribution is -2.35. The van der Waals surface area contributed by atoms with Gasteiger partial charge in [-0.1, -0.05) is 19.8 Å². The average Bonchev–Trinajstić information content (AvgIpc) is 2.19. The molecule has 0 aromatic heterocycles. The van der Waals surface area contributed by atoms with Gasteiger partial charge in [0.2, 0.25) is 0 Å². The number of thioether (sulfide) groups is 1. The Labute approximate surface area is 87.1 Å². The Balaban J connectivity index is 2.11. The highest BCUT2D eigenvalue weighted by Gasteiger charge is 2.20. The molecule has 1 fully saturated rings. The molecule has 1 aliphatic carbocycles. The lowest BCUT2D eigenvalue weighted by Gasteiger charge is -2.28. The van der Waals surface area contributed by atoms with Crippen LogP contribution in [0, 0.1) is 0 Å². The molecule has 2 atom stereocenters. The van der Waals surface area contributed by atoms with Crippen molar-refractivity contribution in [2.24, 2.45) is 0 Å². The maximum Gasteiger partial charge on any atom is 0.00776 e. The Morgan fingerprint density at radius 3 is 2.92 bits per heavy atom. The first-order valence-corrected chi connectivity index (χ1v) is 6.91. The fourth-order valence-corrected chi connectivity index (χ4v) is 2.85. The standard InChI is InChI=1S/C11H23NS/c1-3-4-8-12-10-6-5-7-11(9-10)13-2/h10-12H,3-9H2,1-2H3. The average molecular weight is 201 g/mol. The van der Waals surface area contributed by atoms with Crippen molar-refractivity contribution in [2.75, 3.05) is 12.8 Å². The molecule has 0 aromatic rings. The Hall–Kier alpha value is 0.310. The molecule has 1 saturated carbocycles. The van der Waals surface area contributed by atoms with Gasteiger partial charge in [-0.15, -0.1) is 0 Å². The van der Waals surface area contributed by atoms with E-state index in [2.05, 4.69) is 18.5 Å². The molecule has 13 heavy (non-hydrogen) atoms. The van der Waals surface area contributed by atoms with E-state index in [0.717, 1.165) is 11.3 Å². The molecule has 0 aliphatic heterocycles. The van der Waals surface area contributed by atoms with Crippen LogP contribution in [0.15, 0.2) is 0 Å². The minimum atomic E-state index is 0.817. The van der Waals surface area contributed by atoms with Crippen LogP contribution in [0.1, 0.15) is 45.4 Å². The molecule has 0 aromatic carbocycles. The third-order valence-electron chi connectivity index (χ3n) is 2.92. The first kappa shape index (κ1) is 11.4. The van der Waals surface area contributed by atoms with Crippen LogP contribution in [0.5, 0.6) is 0 Å². The van der Waals surface area contributed by atoms with E-state index in [1.54, 1.807) is 0 Å². The number of rotatable bonds is 5. The van der Waals surface area contributed by atoms with E-state index in [9.17, 15) is 0 Å². The van der Waals surface area contributed by atoms with Gasteiger partial charge in [-0.2, -0.15) is 11.8 Å².